The van der Waals surface area contributed by atoms with E-state index in [1.54, 1.807) is 31.3 Å². The van der Waals surface area contributed by atoms with Gasteiger partial charge in [-0.05, 0) is 18.4 Å². The number of benzene rings is 1. The molecule has 92 valence electrons. The van der Waals surface area contributed by atoms with Gasteiger partial charge in [0.05, 0.1) is 11.4 Å². The van der Waals surface area contributed by atoms with Crippen molar-refractivity contribution < 1.29 is 10.0 Å². The maximum atomic E-state index is 11.8. The molecular formula is C11H15N3O2S. The lowest BCUT2D eigenvalue weighted by molar-refractivity contribution is -0.115. The minimum atomic E-state index is -0.0318. The summed E-state index contributed by atoms with van der Waals surface area (Å²) in [6, 6.07) is 7.02. The number of rotatable bonds is 4. The Morgan fingerprint density at radius 1 is 1.53 bits per heavy atom. The number of amidine groups is 1. The Hall–Kier alpha value is -1.69. The molecule has 1 rings (SSSR count). The third-order valence-electron chi connectivity index (χ3n) is 2.29. The van der Waals surface area contributed by atoms with Crippen LogP contribution in [0.4, 0.5) is 5.69 Å². The van der Waals surface area contributed by atoms with Crippen LogP contribution in [-0.2, 0) is 4.79 Å². The summed E-state index contributed by atoms with van der Waals surface area (Å²) in [5.41, 5.74) is 6.72. The number of thioether (sulfide) groups is 1. The van der Waals surface area contributed by atoms with Gasteiger partial charge in [0.1, 0.15) is 0 Å². The normalized spacial score (nSPS) is 11.3. The topological polar surface area (TPSA) is 78.9 Å². The Morgan fingerprint density at radius 2 is 2.18 bits per heavy atom. The molecule has 0 aliphatic heterocycles. The van der Waals surface area contributed by atoms with Gasteiger partial charge in [-0.15, -0.1) is 0 Å². The highest BCUT2D eigenvalue weighted by Gasteiger charge is 2.15. The summed E-state index contributed by atoms with van der Waals surface area (Å²) >= 11 is 1.45. The Kier molecular flexibility index (Phi) is 4.84. The fourth-order valence-corrected chi connectivity index (χ4v) is 1.83. The van der Waals surface area contributed by atoms with E-state index in [-0.39, 0.29) is 11.7 Å². The van der Waals surface area contributed by atoms with Crippen LogP contribution >= 0.6 is 11.8 Å². The molecular weight excluding hydrogens is 238 g/mol. The van der Waals surface area contributed by atoms with Crippen molar-refractivity contribution in [1.29, 1.82) is 0 Å². The van der Waals surface area contributed by atoms with E-state index in [9.17, 15) is 4.79 Å². The van der Waals surface area contributed by atoms with Crippen LogP contribution in [0.2, 0.25) is 0 Å². The third-order valence-corrected chi connectivity index (χ3v) is 2.83. The molecule has 0 unspecified atom stereocenters. The Balaban J connectivity index is 3.09. The zero-order valence-electron chi connectivity index (χ0n) is 9.75. The largest absolute Gasteiger partial charge is 0.409 e. The number of para-hydroxylation sites is 1. The molecule has 0 aliphatic carbocycles. The zero-order valence-corrected chi connectivity index (χ0v) is 10.6. The second-order valence-electron chi connectivity index (χ2n) is 3.39. The van der Waals surface area contributed by atoms with E-state index in [0.29, 0.717) is 17.0 Å². The van der Waals surface area contributed by atoms with Gasteiger partial charge >= 0.3 is 0 Å². The van der Waals surface area contributed by atoms with Gasteiger partial charge in [-0.25, -0.2) is 0 Å². The van der Waals surface area contributed by atoms with Crippen LogP contribution in [0.25, 0.3) is 0 Å². The van der Waals surface area contributed by atoms with Crippen molar-refractivity contribution in [1.82, 2.24) is 0 Å². The number of hydrogen-bond donors (Lipinski definition) is 2. The smallest absolute Gasteiger partial charge is 0.236 e. The van der Waals surface area contributed by atoms with Crippen LogP contribution in [0.1, 0.15) is 5.56 Å². The number of oxime groups is 1. The lowest BCUT2D eigenvalue weighted by atomic mass is 10.1. The molecule has 6 heteroatoms. The summed E-state index contributed by atoms with van der Waals surface area (Å²) in [6.07, 6.45) is 1.86. The van der Waals surface area contributed by atoms with Crippen molar-refractivity contribution in [3.05, 3.63) is 29.8 Å². The molecule has 1 aromatic rings. The van der Waals surface area contributed by atoms with Gasteiger partial charge in [-0.3, -0.25) is 4.79 Å². The van der Waals surface area contributed by atoms with Crippen LogP contribution in [0.3, 0.4) is 0 Å². The van der Waals surface area contributed by atoms with E-state index in [0.717, 1.165) is 0 Å². The molecule has 0 aromatic heterocycles. The average Bonchev–Trinajstić information content (AvgIpc) is 2.37. The molecule has 1 aromatic carbocycles. The number of nitrogens with zero attached hydrogens (tertiary/aromatic N) is 2. The first-order chi connectivity index (χ1) is 8.11. The zero-order chi connectivity index (χ0) is 12.8. The van der Waals surface area contributed by atoms with Crippen LogP contribution in [-0.4, -0.2) is 36.0 Å². The van der Waals surface area contributed by atoms with Crippen molar-refractivity contribution in [2.45, 2.75) is 0 Å². The lowest BCUT2D eigenvalue weighted by Gasteiger charge is -2.19. The number of hydrogen-bond acceptors (Lipinski definition) is 4. The SMILES string of the molecule is CSCC(=O)N(C)c1ccccc1C(N)=NO. The summed E-state index contributed by atoms with van der Waals surface area (Å²) in [4.78, 5) is 13.3. The maximum Gasteiger partial charge on any atom is 0.236 e. The first-order valence-corrected chi connectivity index (χ1v) is 6.33. The average molecular weight is 253 g/mol. The van der Waals surface area contributed by atoms with Crippen molar-refractivity contribution >= 4 is 29.2 Å². The minimum absolute atomic E-state index is 0.00981. The highest BCUT2D eigenvalue weighted by atomic mass is 32.2. The molecule has 3 N–H and O–H groups in total. The molecule has 0 bridgehead atoms. The van der Waals surface area contributed by atoms with Gasteiger partial charge in [0.15, 0.2) is 5.84 Å². The predicted octanol–water partition coefficient (Wildman–Crippen LogP) is 1.11. The molecule has 17 heavy (non-hydrogen) atoms. The maximum absolute atomic E-state index is 11.8. The van der Waals surface area contributed by atoms with Gasteiger partial charge in [-0.2, -0.15) is 11.8 Å². The van der Waals surface area contributed by atoms with E-state index < -0.39 is 0 Å². The Bertz CT molecular complexity index is 434. The van der Waals surface area contributed by atoms with Crippen LogP contribution < -0.4 is 10.6 Å². The summed E-state index contributed by atoms with van der Waals surface area (Å²) < 4.78 is 0. The number of carbonyl (C=O) groups is 1. The second-order valence-corrected chi connectivity index (χ2v) is 4.25. The molecule has 0 fully saturated rings. The predicted molar refractivity (Wildman–Crippen MR) is 70.7 cm³/mol. The Labute approximate surface area is 104 Å². The van der Waals surface area contributed by atoms with Crippen molar-refractivity contribution in [2.24, 2.45) is 10.9 Å². The monoisotopic (exact) mass is 253 g/mol. The van der Waals surface area contributed by atoms with Crippen LogP contribution in [0, 0.1) is 0 Å². The van der Waals surface area contributed by atoms with Gasteiger partial charge < -0.3 is 15.8 Å². The molecule has 0 aliphatic rings. The van der Waals surface area contributed by atoms with Crippen molar-refractivity contribution in [3.8, 4) is 0 Å². The van der Waals surface area contributed by atoms with Crippen molar-refractivity contribution in [2.75, 3.05) is 24.0 Å². The fraction of sp³-hybridized carbons (Fsp3) is 0.273. The van der Waals surface area contributed by atoms with Gasteiger partial charge in [0.2, 0.25) is 5.91 Å². The van der Waals surface area contributed by atoms with Gasteiger partial charge in [0, 0.05) is 12.6 Å². The van der Waals surface area contributed by atoms with Gasteiger partial charge in [0.25, 0.3) is 0 Å². The summed E-state index contributed by atoms with van der Waals surface area (Å²) in [7, 11) is 1.67. The van der Waals surface area contributed by atoms with Crippen LogP contribution in [0.15, 0.2) is 29.4 Å². The molecule has 0 heterocycles. The van der Waals surface area contributed by atoms with E-state index in [1.165, 1.54) is 16.7 Å². The van der Waals surface area contributed by atoms with E-state index in [2.05, 4.69) is 5.16 Å². The first kappa shape index (κ1) is 13.4. The second kappa shape index (κ2) is 6.15. The van der Waals surface area contributed by atoms with E-state index >= 15 is 0 Å². The molecule has 0 spiro atoms. The molecule has 5 nitrogen and oxygen atoms in total. The molecule has 0 saturated heterocycles. The van der Waals surface area contributed by atoms with E-state index in [4.69, 9.17) is 10.9 Å². The Morgan fingerprint density at radius 3 is 2.76 bits per heavy atom. The molecule has 1 amide bonds. The number of nitrogens with two attached hydrogens (primary N) is 1. The quantitative estimate of drug-likeness (QED) is 0.364. The van der Waals surface area contributed by atoms with Gasteiger partial charge in [-0.1, -0.05) is 17.3 Å². The van der Waals surface area contributed by atoms with Crippen LogP contribution in [0.5, 0.6) is 0 Å². The minimum Gasteiger partial charge on any atom is -0.409 e. The summed E-state index contributed by atoms with van der Waals surface area (Å²) in [5, 5.41) is 11.7. The highest BCUT2D eigenvalue weighted by Crippen LogP contribution is 2.19. The highest BCUT2D eigenvalue weighted by molar-refractivity contribution is 7.99. The standard InChI is InChI=1S/C11H15N3O2S/c1-14(10(15)7-17-2)9-6-4-3-5-8(9)11(12)13-16/h3-6,16H,7H2,1-2H3,(H2,12,13). The summed E-state index contributed by atoms with van der Waals surface area (Å²) in [6.45, 7) is 0. The number of amides is 1. The van der Waals surface area contributed by atoms with Crippen molar-refractivity contribution in [3.63, 3.8) is 0 Å². The first-order valence-electron chi connectivity index (χ1n) is 4.94. The number of carbonyl (C=O) groups excluding carboxylic acids is 1. The van der Waals surface area contributed by atoms with E-state index in [1.807, 2.05) is 6.26 Å². The number of anilines is 1. The molecule has 0 saturated carbocycles. The summed E-state index contributed by atoms with van der Waals surface area (Å²) in [5.74, 6) is 0.348. The molecule has 0 radical (unpaired) electrons. The fourth-order valence-electron chi connectivity index (χ4n) is 1.39. The molecule has 0 atom stereocenters. The lowest BCUT2D eigenvalue weighted by Crippen LogP contribution is -2.30. The third kappa shape index (κ3) is 3.13.